The minimum Gasteiger partial charge on any atom is -0.311 e. The summed E-state index contributed by atoms with van der Waals surface area (Å²) < 4.78 is 0. The molecule has 0 aliphatic carbocycles. The van der Waals surface area contributed by atoms with Crippen molar-refractivity contribution in [2.24, 2.45) is 0 Å². The highest BCUT2D eigenvalue weighted by atomic mass is 15.0. The second-order valence-corrected chi connectivity index (χ2v) is 3.96. The predicted molar refractivity (Wildman–Crippen MR) is 52.1 cm³/mol. The molecule has 2 atom stereocenters. The van der Waals surface area contributed by atoms with Gasteiger partial charge < -0.3 is 5.32 Å². The van der Waals surface area contributed by atoms with Gasteiger partial charge in [0.2, 0.25) is 0 Å². The largest absolute Gasteiger partial charge is 0.311 e. The minimum atomic E-state index is 0.767. The molecule has 12 heavy (non-hydrogen) atoms. The molecule has 2 aliphatic heterocycles. The van der Waals surface area contributed by atoms with Crippen LogP contribution in [0.3, 0.4) is 0 Å². The molecule has 0 saturated carbocycles. The fourth-order valence-electron chi connectivity index (χ4n) is 2.45. The maximum absolute atomic E-state index is 3.75. The number of nitrogens with one attached hydrogen (secondary N) is 1. The first-order valence-corrected chi connectivity index (χ1v) is 4.95. The van der Waals surface area contributed by atoms with E-state index in [-0.39, 0.29) is 0 Å². The van der Waals surface area contributed by atoms with Crippen LogP contribution in [0.1, 0.15) is 32.1 Å². The summed E-state index contributed by atoms with van der Waals surface area (Å²) in [5, 5.41) is 3.67. The lowest BCUT2D eigenvalue weighted by molar-refractivity contribution is 0.282. The standard InChI is InChI=1S/C11H17N/c1-2-4-9-7-10-5-3-6-11(8-9)12-10/h2,4,10-12H,1,3,5-8H2. The number of hydrogen-bond donors (Lipinski definition) is 1. The molecule has 2 fully saturated rings. The van der Waals surface area contributed by atoms with E-state index in [1.54, 1.807) is 5.57 Å². The molecule has 1 N–H and O–H groups in total. The van der Waals surface area contributed by atoms with E-state index in [0.717, 1.165) is 12.1 Å². The van der Waals surface area contributed by atoms with Crippen LogP contribution in [0, 0.1) is 0 Å². The van der Waals surface area contributed by atoms with Crippen molar-refractivity contribution < 1.29 is 0 Å². The molecule has 66 valence electrons. The summed E-state index contributed by atoms with van der Waals surface area (Å²) in [7, 11) is 0. The smallest absolute Gasteiger partial charge is 0.0107 e. The van der Waals surface area contributed by atoms with Gasteiger partial charge in [-0.2, -0.15) is 0 Å². The Hall–Kier alpha value is -0.560. The summed E-state index contributed by atoms with van der Waals surface area (Å²) in [6.45, 7) is 3.75. The van der Waals surface area contributed by atoms with Crippen molar-refractivity contribution in [3.05, 3.63) is 24.3 Å². The molecule has 2 heterocycles. The fourth-order valence-corrected chi connectivity index (χ4v) is 2.45. The molecule has 2 rings (SSSR count). The van der Waals surface area contributed by atoms with Gasteiger partial charge in [0.25, 0.3) is 0 Å². The SMILES string of the molecule is C=CC=C1CC2CCCC(C1)N2. The molecule has 0 radical (unpaired) electrons. The van der Waals surface area contributed by atoms with Crippen LogP contribution in [-0.2, 0) is 0 Å². The van der Waals surface area contributed by atoms with Gasteiger partial charge in [-0.1, -0.05) is 30.7 Å². The van der Waals surface area contributed by atoms with Crippen LogP contribution in [0.15, 0.2) is 24.3 Å². The van der Waals surface area contributed by atoms with Crippen LogP contribution in [0.25, 0.3) is 0 Å². The molecule has 1 heteroatoms. The van der Waals surface area contributed by atoms with Gasteiger partial charge in [-0.15, -0.1) is 0 Å². The molecule has 0 aromatic rings. The van der Waals surface area contributed by atoms with Gasteiger partial charge in [0.15, 0.2) is 0 Å². The Kier molecular flexibility index (Phi) is 2.31. The lowest BCUT2D eigenvalue weighted by atomic mass is 9.84. The van der Waals surface area contributed by atoms with E-state index in [1.807, 2.05) is 6.08 Å². The van der Waals surface area contributed by atoms with Crippen molar-refractivity contribution in [3.63, 3.8) is 0 Å². The van der Waals surface area contributed by atoms with Gasteiger partial charge in [-0.05, 0) is 25.7 Å². The first-order valence-electron chi connectivity index (χ1n) is 4.95. The van der Waals surface area contributed by atoms with Crippen molar-refractivity contribution in [2.45, 2.75) is 44.2 Å². The Bertz CT molecular complexity index is 191. The van der Waals surface area contributed by atoms with Crippen LogP contribution in [0.5, 0.6) is 0 Å². The number of fused-ring (bicyclic) bond motifs is 2. The molecular weight excluding hydrogens is 146 g/mol. The molecule has 0 amide bonds. The van der Waals surface area contributed by atoms with Crippen LogP contribution in [0.2, 0.25) is 0 Å². The summed E-state index contributed by atoms with van der Waals surface area (Å²) in [6, 6.07) is 1.53. The topological polar surface area (TPSA) is 12.0 Å². The Morgan fingerprint density at radius 1 is 1.25 bits per heavy atom. The van der Waals surface area contributed by atoms with E-state index in [2.05, 4.69) is 18.0 Å². The average Bonchev–Trinajstić information content (AvgIpc) is 2.04. The monoisotopic (exact) mass is 163 g/mol. The molecule has 0 aromatic carbocycles. The summed E-state index contributed by atoms with van der Waals surface area (Å²) in [5.74, 6) is 0. The van der Waals surface area contributed by atoms with E-state index >= 15 is 0 Å². The van der Waals surface area contributed by atoms with Crippen LogP contribution < -0.4 is 5.32 Å². The quantitative estimate of drug-likeness (QED) is 0.626. The molecule has 0 spiro atoms. The molecule has 2 aliphatic rings. The van der Waals surface area contributed by atoms with Gasteiger partial charge in [0.1, 0.15) is 0 Å². The highest BCUT2D eigenvalue weighted by Crippen LogP contribution is 2.28. The first kappa shape index (κ1) is 8.06. The van der Waals surface area contributed by atoms with Crippen molar-refractivity contribution in [1.82, 2.24) is 5.32 Å². The zero-order chi connectivity index (χ0) is 8.39. The summed E-state index contributed by atoms with van der Waals surface area (Å²) in [6.07, 6.45) is 10.8. The lowest BCUT2D eigenvalue weighted by Crippen LogP contribution is -2.46. The fraction of sp³-hybridized carbons (Fsp3) is 0.636. The maximum atomic E-state index is 3.75. The molecule has 2 unspecified atom stereocenters. The van der Waals surface area contributed by atoms with Crippen LogP contribution >= 0.6 is 0 Å². The van der Waals surface area contributed by atoms with Gasteiger partial charge in [-0.25, -0.2) is 0 Å². The van der Waals surface area contributed by atoms with Crippen molar-refractivity contribution in [1.29, 1.82) is 0 Å². The predicted octanol–water partition coefficient (Wildman–Crippen LogP) is 2.40. The van der Waals surface area contributed by atoms with E-state index in [4.69, 9.17) is 0 Å². The van der Waals surface area contributed by atoms with Gasteiger partial charge in [0.05, 0.1) is 0 Å². The Morgan fingerprint density at radius 2 is 1.92 bits per heavy atom. The number of piperidine rings is 2. The zero-order valence-corrected chi connectivity index (χ0v) is 7.55. The van der Waals surface area contributed by atoms with Crippen molar-refractivity contribution >= 4 is 0 Å². The Balaban J connectivity index is 2.05. The van der Waals surface area contributed by atoms with Gasteiger partial charge >= 0.3 is 0 Å². The minimum absolute atomic E-state index is 0.767. The maximum Gasteiger partial charge on any atom is 0.0107 e. The molecule has 1 nitrogen and oxygen atoms in total. The van der Waals surface area contributed by atoms with Gasteiger partial charge in [0, 0.05) is 12.1 Å². The van der Waals surface area contributed by atoms with Crippen molar-refractivity contribution in [2.75, 3.05) is 0 Å². The van der Waals surface area contributed by atoms with Crippen LogP contribution in [0.4, 0.5) is 0 Å². The highest BCUT2D eigenvalue weighted by molar-refractivity contribution is 5.16. The van der Waals surface area contributed by atoms with E-state index in [9.17, 15) is 0 Å². The highest BCUT2D eigenvalue weighted by Gasteiger charge is 2.26. The average molecular weight is 163 g/mol. The number of hydrogen-bond acceptors (Lipinski definition) is 1. The first-order chi connectivity index (χ1) is 5.88. The molecular formula is C11H17N. The summed E-state index contributed by atoms with van der Waals surface area (Å²) in [5.41, 5.74) is 1.60. The summed E-state index contributed by atoms with van der Waals surface area (Å²) in [4.78, 5) is 0. The Morgan fingerprint density at radius 3 is 2.50 bits per heavy atom. The van der Waals surface area contributed by atoms with Gasteiger partial charge in [-0.3, -0.25) is 0 Å². The molecule has 2 saturated heterocycles. The summed E-state index contributed by atoms with van der Waals surface area (Å²) >= 11 is 0. The second-order valence-electron chi connectivity index (χ2n) is 3.96. The lowest BCUT2D eigenvalue weighted by Gasteiger charge is -2.37. The number of allylic oxidation sites excluding steroid dienone is 2. The van der Waals surface area contributed by atoms with Crippen molar-refractivity contribution in [3.8, 4) is 0 Å². The van der Waals surface area contributed by atoms with E-state index in [0.29, 0.717) is 0 Å². The van der Waals surface area contributed by atoms with Crippen LogP contribution in [-0.4, -0.2) is 12.1 Å². The number of rotatable bonds is 1. The van der Waals surface area contributed by atoms with E-state index in [1.165, 1.54) is 32.1 Å². The normalized spacial score (nSPS) is 34.5. The molecule has 0 aromatic heterocycles. The third-order valence-corrected chi connectivity index (χ3v) is 2.95. The third-order valence-electron chi connectivity index (χ3n) is 2.95. The zero-order valence-electron chi connectivity index (χ0n) is 7.55. The molecule has 2 bridgehead atoms. The van der Waals surface area contributed by atoms with E-state index < -0.39 is 0 Å². The Labute approximate surface area is 74.5 Å². The second kappa shape index (κ2) is 3.44. The third kappa shape index (κ3) is 1.61.